The average molecular weight is 237 g/mol. The Bertz CT molecular complexity index is 338. The van der Waals surface area contributed by atoms with Crippen LogP contribution in [0.15, 0.2) is 30.3 Å². The van der Waals surface area contributed by atoms with Crippen LogP contribution >= 0.6 is 0 Å². The molecule has 0 saturated heterocycles. The molecule has 16 heavy (non-hydrogen) atoms. The van der Waals surface area contributed by atoms with E-state index in [1.165, 1.54) is 5.56 Å². The second kappa shape index (κ2) is 5.70. The van der Waals surface area contributed by atoms with Crippen LogP contribution in [0.2, 0.25) is 13.1 Å². The third-order valence-corrected chi connectivity index (χ3v) is 4.61. The highest BCUT2D eigenvalue weighted by molar-refractivity contribution is 6.76. The van der Waals surface area contributed by atoms with Gasteiger partial charge >= 0.3 is 6.09 Å². The second-order valence-corrected chi connectivity index (χ2v) is 9.62. The van der Waals surface area contributed by atoms with Crippen LogP contribution in [0.3, 0.4) is 0 Å². The summed E-state index contributed by atoms with van der Waals surface area (Å²) in [6.07, 6.45) is 0.218. The first-order valence-corrected chi connectivity index (χ1v) is 8.83. The molecule has 0 bridgehead atoms. The molecule has 1 rings (SSSR count). The minimum Gasteiger partial charge on any atom is -0.453 e. The largest absolute Gasteiger partial charge is 0.453 e. The van der Waals surface area contributed by atoms with Crippen molar-refractivity contribution in [2.24, 2.45) is 0 Å². The van der Waals surface area contributed by atoms with Crippen LogP contribution in [-0.4, -0.2) is 27.4 Å². The molecule has 1 amide bonds. The highest BCUT2D eigenvalue weighted by Crippen LogP contribution is 2.12. The zero-order valence-electron chi connectivity index (χ0n) is 10.1. The van der Waals surface area contributed by atoms with Crippen LogP contribution in [0.5, 0.6) is 0 Å². The molecule has 1 aromatic carbocycles. The fraction of sp³-hybridized carbons (Fsp3) is 0.417. The normalized spacial score (nSPS) is 10.9. The van der Waals surface area contributed by atoms with Gasteiger partial charge in [0, 0.05) is 7.05 Å². The van der Waals surface area contributed by atoms with Gasteiger partial charge in [0.2, 0.25) is 0 Å². The molecule has 88 valence electrons. The van der Waals surface area contributed by atoms with E-state index in [-0.39, 0.29) is 6.09 Å². The van der Waals surface area contributed by atoms with Gasteiger partial charge in [-0.25, -0.2) is 4.79 Å². The summed E-state index contributed by atoms with van der Waals surface area (Å²) in [4.78, 5) is 11.0. The van der Waals surface area contributed by atoms with Crippen LogP contribution in [0.4, 0.5) is 4.79 Å². The molecule has 1 N–H and O–H groups in total. The Kier molecular flexibility index (Phi) is 4.55. The van der Waals surface area contributed by atoms with Crippen LogP contribution in [0.25, 0.3) is 0 Å². The smallest absolute Gasteiger partial charge is 0.406 e. The summed E-state index contributed by atoms with van der Waals surface area (Å²) < 4.78 is 5.14. The lowest BCUT2D eigenvalue weighted by molar-refractivity contribution is 0.164. The first-order chi connectivity index (χ1) is 7.53. The zero-order valence-corrected chi connectivity index (χ0v) is 11.1. The minimum absolute atomic E-state index is 0.339. The van der Waals surface area contributed by atoms with Crippen LogP contribution in [0.1, 0.15) is 5.56 Å². The maximum absolute atomic E-state index is 11.0. The predicted octanol–water partition coefficient (Wildman–Crippen LogP) is 2.37. The summed E-state index contributed by atoms with van der Waals surface area (Å²) in [5.41, 5.74) is 1.32. The van der Waals surface area contributed by atoms with E-state index in [2.05, 4.69) is 30.5 Å². The maximum atomic E-state index is 11.0. The standard InChI is InChI=1S/C12H19NO2Si/c1-13-12(14)15-10-16(2,3)9-11-7-5-4-6-8-11/h4-8H,9-10H2,1-3H3,(H,13,14). The molecule has 0 spiro atoms. The minimum atomic E-state index is -1.51. The van der Waals surface area contributed by atoms with Gasteiger partial charge in [-0.05, 0) is 6.04 Å². The molecule has 3 nitrogen and oxygen atoms in total. The van der Waals surface area contributed by atoms with E-state index in [1.54, 1.807) is 7.05 Å². The third-order valence-electron chi connectivity index (χ3n) is 2.32. The number of amides is 1. The van der Waals surface area contributed by atoms with Crippen molar-refractivity contribution in [3.8, 4) is 0 Å². The molecule has 0 aliphatic carbocycles. The van der Waals surface area contributed by atoms with Crippen molar-refractivity contribution in [1.82, 2.24) is 5.32 Å². The highest BCUT2D eigenvalue weighted by Gasteiger charge is 2.23. The molecule has 0 radical (unpaired) electrons. The second-order valence-electron chi connectivity index (χ2n) is 4.65. The number of alkyl carbamates (subject to hydrolysis) is 1. The molecule has 1 aromatic rings. The van der Waals surface area contributed by atoms with Crippen molar-refractivity contribution in [3.63, 3.8) is 0 Å². The fourth-order valence-corrected chi connectivity index (χ4v) is 3.50. The van der Waals surface area contributed by atoms with Gasteiger partial charge in [-0.2, -0.15) is 0 Å². The molecule has 0 aliphatic heterocycles. The van der Waals surface area contributed by atoms with E-state index in [9.17, 15) is 4.79 Å². The summed E-state index contributed by atoms with van der Waals surface area (Å²) in [6.45, 7) is 4.45. The Morgan fingerprint density at radius 3 is 2.50 bits per heavy atom. The lowest BCUT2D eigenvalue weighted by Crippen LogP contribution is -2.38. The Morgan fingerprint density at radius 2 is 1.94 bits per heavy atom. The molecule has 0 aromatic heterocycles. The van der Waals surface area contributed by atoms with Crippen molar-refractivity contribution in [1.29, 1.82) is 0 Å². The molecule has 0 unspecified atom stereocenters. The first kappa shape index (κ1) is 12.8. The number of carbonyl (C=O) groups excluding carboxylic acids is 1. The quantitative estimate of drug-likeness (QED) is 0.816. The summed E-state index contributed by atoms with van der Waals surface area (Å²) in [5, 5.41) is 2.46. The molecule has 4 heteroatoms. The van der Waals surface area contributed by atoms with E-state index in [4.69, 9.17) is 4.74 Å². The average Bonchev–Trinajstić information content (AvgIpc) is 2.27. The highest BCUT2D eigenvalue weighted by atomic mass is 28.3. The molecule has 0 fully saturated rings. The lowest BCUT2D eigenvalue weighted by Gasteiger charge is -2.21. The zero-order chi connectivity index (χ0) is 12.0. The lowest BCUT2D eigenvalue weighted by atomic mass is 10.2. The van der Waals surface area contributed by atoms with E-state index in [0.717, 1.165) is 6.04 Å². The van der Waals surface area contributed by atoms with Gasteiger partial charge in [0.25, 0.3) is 0 Å². The summed E-state index contributed by atoms with van der Waals surface area (Å²) in [5.74, 6) is 0. The number of nitrogens with one attached hydrogen (secondary N) is 1. The Labute approximate surface area is 97.8 Å². The van der Waals surface area contributed by atoms with Gasteiger partial charge in [0.1, 0.15) is 0 Å². The van der Waals surface area contributed by atoms with Crippen LogP contribution in [0, 0.1) is 0 Å². The van der Waals surface area contributed by atoms with Gasteiger partial charge in [-0.15, -0.1) is 0 Å². The van der Waals surface area contributed by atoms with Crippen molar-refractivity contribution >= 4 is 14.2 Å². The molecular weight excluding hydrogens is 218 g/mol. The van der Waals surface area contributed by atoms with Crippen LogP contribution in [-0.2, 0) is 10.8 Å². The summed E-state index contributed by atoms with van der Waals surface area (Å²) in [6, 6.07) is 11.4. The van der Waals surface area contributed by atoms with Gasteiger partial charge in [0.05, 0.1) is 14.3 Å². The van der Waals surface area contributed by atoms with Crippen molar-refractivity contribution in [2.75, 3.05) is 13.3 Å². The number of hydrogen-bond donors (Lipinski definition) is 1. The summed E-state index contributed by atoms with van der Waals surface area (Å²) in [7, 11) is 0.0712. The number of hydrogen-bond acceptors (Lipinski definition) is 2. The van der Waals surface area contributed by atoms with E-state index in [0.29, 0.717) is 6.23 Å². The van der Waals surface area contributed by atoms with Crippen molar-refractivity contribution in [2.45, 2.75) is 19.1 Å². The number of carbonyl (C=O) groups is 1. The van der Waals surface area contributed by atoms with Gasteiger partial charge in [0.15, 0.2) is 0 Å². The number of rotatable bonds is 4. The number of benzene rings is 1. The van der Waals surface area contributed by atoms with Crippen molar-refractivity contribution in [3.05, 3.63) is 35.9 Å². The van der Waals surface area contributed by atoms with Crippen LogP contribution < -0.4 is 5.32 Å². The van der Waals surface area contributed by atoms with Gasteiger partial charge < -0.3 is 10.1 Å². The van der Waals surface area contributed by atoms with Crippen molar-refractivity contribution < 1.29 is 9.53 Å². The molecule has 0 aliphatic rings. The molecule has 0 saturated carbocycles. The fourth-order valence-electron chi connectivity index (χ4n) is 1.53. The Hall–Kier alpha value is -1.29. The van der Waals surface area contributed by atoms with Gasteiger partial charge in [-0.1, -0.05) is 49.0 Å². The first-order valence-electron chi connectivity index (χ1n) is 5.42. The Balaban J connectivity index is 2.48. The topological polar surface area (TPSA) is 38.3 Å². The third kappa shape index (κ3) is 4.48. The molecule has 0 heterocycles. The van der Waals surface area contributed by atoms with E-state index >= 15 is 0 Å². The Morgan fingerprint density at radius 1 is 1.31 bits per heavy atom. The van der Waals surface area contributed by atoms with E-state index in [1.807, 2.05) is 18.2 Å². The maximum Gasteiger partial charge on any atom is 0.406 e. The van der Waals surface area contributed by atoms with Gasteiger partial charge in [-0.3, -0.25) is 0 Å². The molecule has 0 atom stereocenters. The SMILES string of the molecule is CNC(=O)OC[Si](C)(C)Cc1ccccc1. The molecular formula is C12H19NO2Si. The summed E-state index contributed by atoms with van der Waals surface area (Å²) >= 11 is 0. The predicted molar refractivity (Wildman–Crippen MR) is 68.0 cm³/mol. The monoisotopic (exact) mass is 237 g/mol. The van der Waals surface area contributed by atoms with E-state index < -0.39 is 8.07 Å². The number of ether oxygens (including phenoxy) is 1.